The number of rotatable bonds is 5. The Labute approximate surface area is 166 Å². The molecule has 2 aromatic rings. The van der Waals surface area contributed by atoms with E-state index in [1.54, 1.807) is 0 Å². The molecule has 30 heavy (non-hydrogen) atoms. The van der Waals surface area contributed by atoms with E-state index in [9.17, 15) is 33.6 Å². The third kappa shape index (κ3) is 3.54. The summed E-state index contributed by atoms with van der Waals surface area (Å²) in [4.78, 5) is 15.5. The van der Waals surface area contributed by atoms with Gasteiger partial charge in [-0.1, -0.05) is 5.16 Å². The van der Waals surface area contributed by atoms with Crippen LogP contribution in [-0.4, -0.2) is 30.0 Å². The van der Waals surface area contributed by atoms with Gasteiger partial charge in [0.05, 0.1) is 31.3 Å². The summed E-state index contributed by atoms with van der Waals surface area (Å²) in [5.74, 6) is -2.82. The van der Waals surface area contributed by atoms with Crippen LogP contribution < -0.4 is 14.2 Å². The average Bonchev–Trinajstić information content (AvgIpc) is 3.09. The van der Waals surface area contributed by atoms with E-state index in [1.165, 1.54) is 20.3 Å². The molecule has 13 heteroatoms. The van der Waals surface area contributed by atoms with Gasteiger partial charge in [0.2, 0.25) is 5.75 Å². The van der Waals surface area contributed by atoms with Crippen molar-refractivity contribution in [2.75, 3.05) is 14.2 Å². The van der Waals surface area contributed by atoms with E-state index in [1.807, 2.05) is 0 Å². The molecule has 1 aliphatic heterocycles. The Morgan fingerprint density at radius 3 is 2.60 bits per heavy atom. The fraction of sp³-hybridized carbons (Fsp3) is 0.294. The summed E-state index contributed by atoms with van der Waals surface area (Å²) in [5.41, 5.74) is -3.05. The van der Waals surface area contributed by atoms with Gasteiger partial charge in [0.15, 0.2) is 11.9 Å². The van der Waals surface area contributed by atoms with Gasteiger partial charge in [-0.15, -0.1) is 0 Å². The van der Waals surface area contributed by atoms with Crippen molar-refractivity contribution >= 4 is 11.4 Å². The lowest BCUT2D eigenvalue weighted by atomic mass is 9.95. The molecule has 0 bridgehead atoms. The number of alkyl halides is 3. The molecule has 0 spiro atoms. The van der Waals surface area contributed by atoms with E-state index in [4.69, 9.17) is 14.3 Å². The molecule has 1 atom stereocenters. The van der Waals surface area contributed by atoms with Crippen molar-refractivity contribution in [2.24, 2.45) is 5.16 Å². The zero-order valence-corrected chi connectivity index (χ0v) is 15.5. The first kappa shape index (κ1) is 21.1. The number of aromatic nitrogens is 1. The van der Waals surface area contributed by atoms with Crippen molar-refractivity contribution in [3.8, 4) is 11.5 Å². The molecule has 1 aromatic carbocycles. The van der Waals surface area contributed by atoms with Gasteiger partial charge < -0.3 is 24.6 Å². The number of nitro benzene ring substituents is 1. The number of pyridine rings is 1. The van der Waals surface area contributed by atoms with E-state index in [0.29, 0.717) is 6.20 Å². The van der Waals surface area contributed by atoms with Crippen LogP contribution in [0.3, 0.4) is 0 Å². The normalized spacial score (nSPS) is 18.5. The highest BCUT2D eigenvalue weighted by Crippen LogP contribution is 2.43. The summed E-state index contributed by atoms with van der Waals surface area (Å²) in [6.07, 6.45) is -5.07. The number of aliphatic hydroxyl groups is 1. The molecule has 0 aliphatic carbocycles. The van der Waals surface area contributed by atoms with Crippen molar-refractivity contribution in [1.29, 1.82) is 0 Å². The van der Waals surface area contributed by atoms with Crippen LogP contribution in [0.4, 0.5) is 18.9 Å². The third-order valence-corrected chi connectivity index (χ3v) is 4.35. The molecular formula is C17H14F3N3O7. The van der Waals surface area contributed by atoms with Crippen LogP contribution in [0.25, 0.3) is 0 Å². The number of oxime groups is 1. The molecule has 160 valence electrons. The first-order chi connectivity index (χ1) is 14.0. The van der Waals surface area contributed by atoms with Gasteiger partial charge in [-0.2, -0.15) is 17.9 Å². The number of methoxy groups -OCH3 is 2. The van der Waals surface area contributed by atoms with Crippen LogP contribution >= 0.6 is 0 Å². The van der Waals surface area contributed by atoms with Gasteiger partial charge >= 0.3 is 17.6 Å². The van der Waals surface area contributed by atoms with Crippen molar-refractivity contribution < 1.29 is 42.2 Å². The molecule has 1 aliphatic rings. The topological polar surface area (TPSA) is 130 Å². The largest absolute Gasteiger partial charge is 0.618 e. The van der Waals surface area contributed by atoms with Crippen LogP contribution in [-0.2, 0) is 16.8 Å². The van der Waals surface area contributed by atoms with E-state index in [2.05, 4.69) is 5.16 Å². The monoisotopic (exact) mass is 429 g/mol. The first-order valence-corrected chi connectivity index (χ1v) is 8.20. The Morgan fingerprint density at radius 2 is 2.03 bits per heavy atom. The second kappa shape index (κ2) is 7.33. The molecule has 2 heterocycles. The minimum atomic E-state index is -5.08. The third-order valence-electron chi connectivity index (χ3n) is 4.35. The van der Waals surface area contributed by atoms with Gasteiger partial charge in [-0.05, 0) is 12.1 Å². The van der Waals surface area contributed by atoms with Crippen LogP contribution in [0.2, 0.25) is 0 Å². The highest BCUT2D eigenvalue weighted by atomic mass is 19.4. The maximum Gasteiger partial charge on any atom is 0.479 e. The Morgan fingerprint density at radius 1 is 1.33 bits per heavy atom. The molecule has 0 radical (unpaired) electrons. The number of nitro groups is 1. The maximum absolute atomic E-state index is 13.3. The number of halogens is 3. The zero-order chi connectivity index (χ0) is 22.3. The lowest BCUT2D eigenvalue weighted by Crippen LogP contribution is -2.42. The number of hydrogen-bond donors (Lipinski definition) is 1. The quantitative estimate of drug-likeness (QED) is 0.334. The maximum atomic E-state index is 13.3. The van der Waals surface area contributed by atoms with Gasteiger partial charge in [0.25, 0.3) is 5.79 Å². The first-order valence-electron chi connectivity index (χ1n) is 8.20. The van der Waals surface area contributed by atoms with Crippen molar-refractivity contribution in [2.45, 2.75) is 18.4 Å². The number of ether oxygens (including phenoxy) is 2. The minimum absolute atomic E-state index is 0.0343. The lowest BCUT2D eigenvalue weighted by molar-refractivity contribution is -0.630. The predicted molar refractivity (Wildman–Crippen MR) is 92.7 cm³/mol. The Bertz CT molecular complexity index is 1040. The molecule has 10 nitrogen and oxygen atoms in total. The average molecular weight is 429 g/mol. The standard InChI is InChI=1S/C17H14F3N3O7/c1-28-13-7-9(6-12(23(26)27)14(13)29-2)11-8-16(24,30-21-11)10-4-3-5-22(25)15(10)17(18,19)20/h3-7,24H,8H2,1-2H3. The molecular weight excluding hydrogens is 415 g/mol. The second-order valence-electron chi connectivity index (χ2n) is 6.17. The summed E-state index contributed by atoms with van der Waals surface area (Å²) in [5, 5.41) is 37.3. The minimum Gasteiger partial charge on any atom is -0.618 e. The Balaban J connectivity index is 2.05. The smallest absolute Gasteiger partial charge is 0.479 e. The zero-order valence-electron chi connectivity index (χ0n) is 15.5. The highest BCUT2D eigenvalue weighted by molar-refractivity contribution is 6.02. The van der Waals surface area contributed by atoms with Gasteiger partial charge in [-0.3, -0.25) is 10.1 Å². The van der Waals surface area contributed by atoms with Crippen molar-refractivity contribution in [3.05, 3.63) is 62.6 Å². The van der Waals surface area contributed by atoms with E-state index in [-0.39, 0.29) is 22.8 Å². The molecule has 1 aromatic heterocycles. The SMILES string of the molecule is COc1cc(C2=NOC(O)(c3ccc[n+]([O-])c3C(F)(F)F)C2)cc([N+](=O)[O-])c1OC. The second-order valence-corrected chi connectivity index (χ2v) is 6.17. The van der Waals surface area contributed by atoms with Crippen LogP contribution in [0.15, 0.2) is 35.6 Å². The fourth-order valence-corrected chi connectivity index (χ4v) is 3.05. The summed E-state index contributed by atoms with van der Waals surface area (Å²) in [6.45, 7) is 0. The molecule has 0 amide bonds. The van der Waals surface area contributed by atoms with E-state index < -0.39 is 45.0 Å². The van der Waals surface area contributed by atoms with Crippen molar-refractivity contribution in [1.82, 2.24) is 0 Å². The number of benzene rings is 1. The van der Waals surface area contributed by atoms with Crippen LogP contribution in [0.1, 0.15) is 23.2 Å². The van der Waals surface area contributed by atoms with Crippen molar-refractivity contribution in [3.63, 3.8) is 0 Å². The van der Waals surface area contributed by atoms with Gasteiger partial charge in [-0.25, -0.2) is 0 Å². The molecule has 0 fully saturated rings. The molecule has 1 N–H and O–H groups in total. The fourth-order valence-electron chi connectivity index (χ4n) is 3.05. The Hall–Kier alpha value is -3.61. The summed E-state index contributed by atoms with van der Waals surface area (Å²) in [6, 6.07) is 4.24. The lowest BCUT2D eigenvalue weighted by Gasteiger charge is -2.22. The van der Waals surface area contributed by atoms with E-state index in [0.717, 1.165) is 18.2 Å². The van der Waals surface area contributed by atoms with E-state index >= 15 is 0 Å². The van der Waals surface area contributed by atoms with Gasteiger partial charge in [0.1, 0.15) is 5.56 Å². The highest BCUT2D eigenvalue weighted by Gasteiger charge is 2.52. The van der Waals surface area contributed by atoms with Gasteiger partial charge in [0, 0.05) is 17.7 Å². The summed E-state index contributed by atoms with van der Waals surface area (Å²) in [7, 11) is 2.44. The summed E-state index contributed by atoms with van der Waals surface area (Å²) >= 11 is 0. The Kier molecular flexibility index (Phi) is 5.16. The predicted octanol–water partition coefficient (Wildman–Crippen LogP) is 2.23. The number of nitrogens with zero attached hydrogens (tertiary/aromatic N) is 3. The number of hydrogen-bond acceptors (Lipinski definition) is 8. The molecule has 3 rings (SSSR count). The molecule has 0 saturated carbocycles. The molecule has 0 saturated heterocycles. The molecule has 1 unspecified atom stereocenters. The van der Waals surface area contributed by atoms with Crippen LogP contribution in [0, 0.1) is 15.3 Å². The van der Waals surface area contributed by atoms with Crippen LogP contribution in [0.5, 0.6) is 11.5 Å². The summed E-state index contributed by atoms with van der Waals surface area (Å²) < 4.78 is 49.6.